The number of carbonyl (C=O) groups is 3. The third kappa shape index (κ3) is 5.75. The minimum atomic E-state index is -3.05. The fourth-order valence-electron chi connectivity index (χ4n) is 6.82. The number of rotatable bonds is 13. The van der Waals surface area contributed by atoms with E-state index in [0.29, 0.717) is 5.56 Å². The van der Waals surface area contributed by atoms with Gasteiger partial charge in [-0.2, -0.15) is 0 Å². The molecular formula is C28H34N4O14. The first kappa shape index (κ1) is 34.2. The van der Waals surface area contributed by atoms with Gasteiger partial charge >= 0.3 is 0 Å². The van der Waals surface area contributed by atoms with Crippen LogP contribution in [0.15, 0.2) is 35.1 Å². The molecule has 0 spiro atoms. The normalized spacial score (nSPS) is 27.3. The SMILES string of the molecule is C[C@H]1c2cccc(O)c2C(O)=C2C(=O)[C@]3(O)C(O)=C(C(=O)CCN(CCO[N+](=O)[O-])CCO[N+](=O)[O-])C(=O)[C@@H](N(C)C)[C@@H]3[C@@H](O)[C@@H]21. The molecule has 5 N–H and O–H groups in total. The predicted octanol–water partition coefficient (Wildman–Crippen LogP) is -0.312. The van der Waals surface area contributed by atoms with Gasteiger partial charge in [-0.15, -0.1) is 20.2 Å². The Morgan fingerprint density at radius 2 is 1.61 bits per heavy atom. The number of benzene rings is 1. The maximum absolute atomic E-state index is 14.2. The lowest BCUT2D eigenvalue weighted by Crippen LogP contribution is -2.70. The molecule has 1 aromatic carbocycles. The van der Waals surface area contributed by atoms with Crippen molar-refractivity contribution in [3.05, 3.63) is 66.5 Å². The smallest absolute Gasteiger partial charge is 0.294 e. The average molecular weight is 651 g/mol. The van der Waals surface area contributed by atoms with E-state index in [2.05, 4.69) is 9.68 Å². The molecule has 0 aromatic heterocycles. The molecule has 18 nitrogen and oxygen atoms in total. The van der Waals surface area contributed by atoms with E-state index in [9.17, 15) is 60.1 Å². The van der Waals surface area contributed by atoms with Gasteiger partial charge < -0.3 is 35.2 Å². The quantitative estimate of drug-likeness (QED) is 0.104. The van der Waals surface area contributed by atoms with Crippen molar-refractivity contribution in [1.29, 1.82) is 0 Å². The third-order valence-corrected chi connectivity index (χ3v) is 8.89. The molecule has 46 heavy (non-hydrogen) atoms. The fraction of sp³-hybridized carbons (Fsp3) is 0.536. The van der Waals surface area contributed by atoms with Crippen LogP contribution in [-0.2, 0) is 24.1 Å². The summed E-state index contributed by atoms with van der Waals surface area (Å²) in [5.41, 5.74) is -4.15. The van der Waals surface area contributed by atoms with Gasteiger partial charge in [-0.1, -0.05) is 19.1 Å². The van der Waals surface area contributed by atoms with E-state index in [1.165, 1.54) is 36.0 Å². The molecule has 0 radical (unpaired) electrons. The van der Waals surface area contributed by atoms with E-state index >= 15 is 0 Å². The number of aromatic hydroxyl groups is 1. The molecule has 1 fully saturated rings. The Morgan fingerprint density at radius 3 is 2.15 bits per heavy atom. The van der Waals surface area contributed by atoms with E-state index in [1.54, 1.807) is 13.0 Å². The molecule has 0 amide bonds. The second-order valence-electron chi connectivity index (χ2n) is 11.6. The molecule has 0 bridgehead atoms. The number of likely N-dealkylation sites (N-methyl/N-ethyl adjacent to an activating group) is 1. The van der Waals surface area contributed by atoms with Gasteiger partial charge in [0.2, 0.25) is 5.78 Å². The van der Waals surface area contributed by atoms with Crippen LogP contribution in [0, 0.1) is 32.1 Å². The Balaban J connectivity index is 1.74. The van der Waals surface area contributed by atoms with Crippen LogP contribution in [0.3, 0.4) is 0 Å². The number of ketones is 3. The summed E-state index contributed by atoms with van der Waals surface area (Å²) in [5, 5.41) is 75.8. The first-order chi connectivity index (χ1) is 21.5. The van der Waals surface area contributed by atoms with E-state index < -0.39 is 105 Å². The second-order valence-corrected chi connectivity index (χ2v) is 11.6. The van der Waals surface area contributed by atoms with Gasteiger partial charge in [0.05, 0.1) is 23.6 Å². The summed E-state index contributed by atoms with van der Waals surface area (Å²) in [6.07, 6.45) is -2.27. The van der Waals surface area contributed by atoms with Gasteiger partial charge in [0, 0.05) is 37.5 Å². The molecule has 18 heteroatoms. The van der Waals surface area contributed by atoms with Gasteiger partial charge in [-0.3, -0.25) is 24.2 Å². The lowest BCUT2D eigenvalue weighted by Gasteiger charge is -2.53. The summed E-state index contributed by atoms with van der Waals surface area (Å²) in [4.78, 5) is 73.7. The minimum Gasteiger partial charge on any atom is -0.508 e. The van der Waals surface area contributed by atoms with Crippen molar-refractivity contribution in [3.8, 4) is 5.75 Å². The van der Waals surface area contributed by atoms with Crippen LogP contribution in [-0.4, -0.2) is 128 Å². The summed E-state index contributed by atoms with van der Waals surface area (Å²) in [6.45, 7) is 0.0478. The second kappa shape index (κ2) is 13.0. The van der Waals surface area contributed by atoms with Crippen LogP contribution in [0.25, 0.3) is 5.76 Å². The average Bonchev–Trinajstić information content (AvgIpc) is 2.97. The third-order valence-electron chi connectivity index (χ3n) is 8.89. The number of aliphatic hydroxyl groups excluding tert-OH is 3. The van der Waals surface area contributed by atoms with Crippen LogP contribution in [0.4, 0.5) is 0 Å². The van der Waals surface area contributed by atoms with E-state index in [1.807, 2.05) is 0 Å². The molecule has 3 aliphatic rings. The lowest BCUT2D eigenvalue weighted by atomic mass is 9.54. The number of hydrogen-bond donors (Lipinski definition) is 5. The number of aliphatic hydroxyl groups is 4. The Bertz CT molecular complexity index is 1500. The molecule has 0 saturated heterocycles. The van der Waals surface area contributed by atoms with Crippen molar-refractivity contribution in [3.63, 3.8) is 0 Å². The Morgan fingerprint density at radius 1 is 1.02 bits per heavy atom. The minimum absolute atomic E-state index is 0.0955. The summed E-state index contributed by atoms with van der Waals surface area (Å²) in [5.74, 6) is -9.26. The largest absolute Gasteiger partial charge is 0.508 e. The summed E-state index contributed by atoms with van der Waals surface area (Å²) in [6, 6.07) is 2.88. The summed E-state index contributed by atoms with van der Waals surface area (Å²) >= 11 is 0. The first-order valence-electron chi connectivity index (χ1n) is 14.2. The maximum atomic E-state index is 14.2. The van der Waals surface area contributed by atoms with Crippen LogP contribution < -0.4 is 0 Å². The molecule has 1 aromatic rings. The van der Waals surface area contributed by atoms with Gasteiger partial charge in [-0.25, -0.2) is 0 Å². The van der Waals surface area contributed by atoms with Gasteiger partial charge in [-0.05, 0) is 31.6 Å². The van der Waals surface area contributed by atoms with Crippen molar-refractivity contribution < 1.29 is 59.8 Å². The molecule has 1 saturated carbocycles. The highest BCUT2D eigenvalue weighted by Gasteiger charge is 2.68. The van der Waals surface area contributed by atoms with Crippen LogP contribution in [0.5, 0.6) is 5.75 Å². The van der Waals surface area contributed by atoms with Crippen LogP contribution in [0.2, 0.25) is 0 Å². The van der Waals surface area contributed by atoms with E-state index in [0.717, 1.165) is 0 Å². The fourth-order valence-corrected chi connectivity index (χ4v) is 6.82. The maximum Gasteiger partial charge on any atom is 0.294 e. The van der Waals surface area contributed by atoms with Crippen molar-refractivity contribution in [2.24, 2.45) is 11.8 Å². The summed E-state index contributed by atoms with van der Waals surface area (Å²) < 4.78 is 0. The first-order valence-corrected chi connectivity index (χ1v) is 14.2. The van der Waals surface area contributed by atoms with Gasteiger partial charge in [0.15, 0.2) is 17.2 Å². The standard InChI is InChI=1S/C28H34N4O14/c1-13-14-5-4-6-15(33)18(14)23(35)20-17(13)24(36)21-22(29(2)3)25(37)19(26(38)28(21,40)27(20)39)16(34)7-8-30(9-11-45-31(41)42)10-12-46-32(43)44/h4-6,13,17,21-22,24,33,35-36,38,40H,7-12H2,1-3H3/t13-,17+,21+,22-,24-,28+/m0/s1. The molecule has 0 unspecified atom stereocenters. The molecule has 250 valence electrons. The van der Waals surface area contributed by atoms with Crippen LogP contribution in [0.1, 0.15) is 30.4 Å². The predicted molar refractivity (Wildman–Crippen MR) is 153 cm³/mol. The monoisotopic (exact) mass is 650 g/mol. The lowest BCUT2D eigenvalue weighted by molar-refractivity contribution is -0.758. The highest BCUT2D eigenvalue weighted by atomic mass is 17.0. The Kier molecular flexibility index (Phi) is 9.67. The molecule has 0 heterocycles. The number of phenolic OH excluding ortho intramolecular Hbond substituents is 1. The molecule has 4 rings (SSSR count). The highest BCUT2D eigenvalue weighted by Crippen LogP contribution is 2.56. The number of phenols is 1. The molecular weight excluding hydrogens is 616 g/mol. The Labute approximate surface area is 260 Å². The molecule has 0 aliphatic heterocycles. The Hall–Kier alpha value is -4.65. The number of Topliss-reactive ketones (excluding diaryl/α,β-unsaturated/α-hetero) is 3. The van der Waals surface area contributed by atoms with Crippen molar-refractivity contribution in [1.82, 2.24) is 9.80 Å². The number of carbonyl (C=O) groups excluding carboxylic acids is 3. The van der Waals surface area contributed by atoms with Gasteiger partial charge in [0.1, 0.15) is 36.1 Å². The zero-order valence-corrected chi connectivity index (χ0v) is 25.1. The molecule has 3 aliphatic carbocycles. The van der Waals surface area contributed by atoms with E-state index in [4.69, 9.17) is 0 Å². The number of hydrogen-bond acceptors (Lipinski definition) is 16. The van der Waals surface area contributed by atoms with Crippen LogP contribution >= 0.6 is 0 Å². The topological polar surface area (TPSA) is 264 Å². The number of fused-ring (bicyclic) bond motifs is 3. The van der Waals surface area contributed by atoms with Gasteiger partial charge in [0.25, 0.3) is 10.2 Å². The highest BCUT2D eigenvalue weighted by molar-refractivity contribution is 6.25. The number of nitrogens with zero attached hydrogens (tertiary/aromatic N) is 4. The molecule has 6 atom stereocenters. The van der Waals surface area contributed by atoms with Crippen molar-refractivity contribution in [2.45, 2.75) is 37.0 Å². The van der Waals surface area contributed by atoms with Crippen molar-refractivity contribution >= 4 is 23.1 Å². The van der Waals surface area contributed by atoms with Crippen molar-refractivity contribution in [2.75, 3.05) is 46.9 Å². The zero-order chi connectivity index (χ0) is 34.2. The van der Waals surface area contributed by atoms with E-state index in [-0.39, 0.29) is 30.9 Å². The summed E-state index contributed by atoms with van der Waals surface area (Å²) in [7, 11) is 2.83. The zero-order valence-electron chi connectivity index (χ0n) is 25.1.